The van der Waals surface area contributed by atoms with Crippen LogP contribution in [0.1, 0.15) is 264 Å². The topological polar surface area (TPSA) is 105 Å². The number of phosphoric acid groups is 1. The van der Waals surface area contributed by atoms with Gasteiger partial charge in [-0.2, -0.15) is 0 Å². The number of phosphoric ester groups is 1. The second-order valence-electron chi connectivity index (χ2n) is 20.3. The summed E-state index contributed by atoms with van der Waals surface area (Å²) in [5.74, 6) is -0.187. The lowest BCUT2D eigenvalue weighted by molar-refractivity contribution is -0.870. The third-order valence-electron chi connectivity index (χ3n) is 12.6. The SMILES string of the molecule is CCCCCCCCCCCCCCCCCC/C=C/CC/C=C/CC/C=C/C(O)C(COP(=O)(O)OCC[N+](C)(C)C)NC(=O)CCCCCCCCCCCCCCCCCCC. The van der Waals surface area contributed by atoms with Gasteiger partial charge in [0, 0.05) is 6.42 Å². The van der Waals surface area contributed by atoms with E-state index in [9.17, 15) is 19.4 Å². The van der Waals surface area contributed by atoms with E-state index < -0.39 is 20.0 Å². The largest absolute Gasteiger partial charge is 0.472 e. The third-order valence-corrected chi connectivity index (χ3v) is 13.6. The van der Waals surface area contributed by atoms with Crippen molar-refractivity contribution >= 4 is 13.7 Å². The molecule has 0 bridgehead atoms. The molecular weight excluding hydrogens is 828 g/mol. The van der Waals surface area contributed by atoms with E-state index in [-0.39, 0.29) is 19.1 Å². The van der Waals surface area contributed by atoms with Gasteiger partial charge in [-0.15, -0.1) is 0 Å². The molecule has 384 valence electrons. The van der Waals surface area contributed by atoms with Crippen LogP contribution in [0.4, 0.5) is 0 Å². The molecule has 9 heteroatoms. The molecule has 0 saturated carbocycles. The fourth-order valence-corrected chi connectivity index (χ4v) is 8.93. The second kappa shape index (κ2) is 47.8. The molecule has 3 unspecified atom stereocenters. The van der Waals surface area contributed by atoms with Crippen molar-refractivity contribution in [2.75, 3.05) is 40.9 Å². The first-order valence-electron chi connectivity index (χ1n) is 27.9. The van der Waals surface area contributed by atoms with Gasteiger partial charge in [-0.25, -0.2) is 4.57 Å². The number of rotatable bonds is 51. The maximum Gasteiger partial charge on any atom is 0.472 e. The van der Waals surface area contributed by atoms with Gasteiger partial charge in [0.25, 0.3) is 0 Å². The molecule has 65 heavy (non-hydrogen) atoms. The third kappa shape index (κ3) is 50.4. The number of carbonyl (C=O) groups excluding carboxylic acids is 1. The summed E-state index contributed by atoms with van der Waals surface area (Å²) in [4.78, 5) is 23.2. The van der Waals surface area contributed by atoms with Crippen molar-refractivity contribution in [1.82, 2.24) is 5.32 Å². The Morgan fingerprint density at radius 3 is 1.23 bits per heavy atom. The fourth-order valence-electron chi connectivity index (χ4n) is 8.19. The Morgan fingerprint density at radius 2 is 0.846 bits per heavy atom. The van der Waals surface area contributed by atoms with Crippen LogP contribution in [0.3, 0.4) is 0 Å². The number of allylic oxidation sites excluding steroid dienone is 5. The molecule has 3 N–H and O–H groups in total. The molecule has 0 aromatic rings. The highest BCUT2D eigenvalue weighted by Gasteiger charge is 2.27. The Labute approximate surface area is 404 Å². The monoisotopic (exact) mass is 938 g/mol. The summed E-state index contributed by atoms with van der Waals surface area (Å²) in [5.41, 5.74) is 0. The van der Waals surface area contributed by atoms with Crippen molar-refractivity contribution in [2.45, 2.75) is 276 Å². The van der Waals surface area contributed by atoms with Gasteiger partial charge >= 0.3 is 7.82 Å². The zero-order valence-electron chi connectivity index (χ0n) is 43.7. The lowest BCUT2D eigenvalue weighted by Gasteiger charge is -2.25. The van der Waals surface area contributed by atoms with Crippen LogP contribution in [0.25, 0.3) is 0 Å². The Kier molecular flexibility index (Phi) is 46.8. The Balaban J connectivity index is 4.29. The fraction of sp³-hybridized carbons (Fsp3) is 0.875. The van der Waals surface area contributed by atoms with E-state index in [4.69, 9.17) is 9.05 Å². The number of nitrogens with zero attached hydrogens (tertiary/aromatic N) is 1. The zero-order chi connectivity index (χ0) is 47.8. The van der Waals surface area contributed by atoms with Crippen molar-refractivity contribution in [3.63, 3.8) is 0 Å². The first-order chi connectivity index (χ1) is 31.5. The summed E-state index contributed by atoms with van der Waals surface area (Å²) in [6, 6.07) is -0.867. The van der Waals surface area contributed by atoms with E-state index in [1.807, 2.05) is 27.2 Å². The lowest BCUT2D eigenvalue weighted by atomic mass is 10.0. The molecule has 0 heterocycles. The van der Waals surface area contributed by atoms with Crippen LogP contribution in [0.15, 0.2) is 36.5 Å². The number of hydrogen-bond acceptors (Lipinski definition) is 5. The molecule has 0 aromatic heterocycles. The molecule has 0 aliphatic heterocycles. The Morgan fingerprint density at radius 1 is 0.508 bits per heavy atom. The average Bonchev–Trinajstić information content (AvgIpc) is 3.26. The van der Waals surface area contributed by atoms with Crippen LogP contribution >= 0.6 is 7.82 Å². The predicted molar refractivity (Wildman–Crippen MR) is 281 cm³/mol. The zero-order valence-corrected chi connectivity index (χ0v) is 44.6. The summed E-state index contributed by atoms with van der Waals surface area (Å²) in [5, 5.41) is 13.9. The predicted octanol–water partition coefficient (Wildman–Crippen LogP) is 16.6. The number of hydrogen-bond donors (Lipinski definition) is 3. The molecule has 0 radical (unpaired) electrons. The molecule has 3 atom stereocenters. The van der Waals surface area contributed by atoms with E-state index in [0.29, 0.717) is 17.4 Å². The van der Waals surface area contributed by atoms with Crippen molar-refractivity contribution in [2.24, 2.45) is 0 Å². The number of aliphatic hydroxyl groups excluding tert-OH is 1. The highest BCUT2D eigenvalue weighted by Crippen LogP contribution is 2.43. The van der Waals surface area contributed by atoms with Crippen molar-refractivity contribution in [3.05, 3.63) is 36.5 Å². The average molecular weight is 938 g/mol. The standard InChI is InChI=1S/C56H109N2O6P/c1-6-8-10-12-14-16-18-20-22-24-25-26-27-28-29-30-31-32-34-35-37-39-41-43-45-47-49-55(59)54(53-64-65(61,62)63-52-51-58(3,4)5)57-56(60)50-48-46-44-42-40-38-36-33-23-21-19-17-15-13-11-9-7-2/h32,34,39,41,47,49,54-55,59H,6-31,33,35-38,40,42-46,48,50-53H2,1-5H3,(H-,57,60,61,62)/p+1/b34-32+,41-39+,49-47+. The highest BCUT2D eigenvalue weighted by atomic mass is 31.2. The minimum Gasteiger partial charge on any atom is -0.387 e. The number of likely N-dealkylation sites (N-methyl/N-ethyl adjacent to an activating group) is 1. The molecule has 0 fully saturated rings. The molecule has 0 aliphatic carbocycles. The highest BCUT2D eigenvalue weighted by molar-refractivity contribution is 7.47. The van der Waals surface area contributed by atoms with Gasteiger partial charge in [-0.05, 0) is 44.9 Å². The summed E-state index contributed by atoms with van der Waals surface area (Å²) in [6.07, 6.45) is 61.0. The van der Waals surface area contributed by atoms with Crippen LogP contribution < -0.4 is 5.32 Å². The van der Waals surface area contributed by atoms with E-state index in [1.54, 1.807) is 6.08 Å². The molecule has 0 rings (SSSR count). The Hall–Kier alpha value is -1.28. The van der Waals surface area contributed by atoms with Gasteiger partial charge in [-0.1, -0.05) is 249 Å². The van der Waals surface area contributed by atoms with Crippen LogP contribution in [0.2, 0.25) is 0 Å². The number of aliphatic hydroxyl groups is 1. The maximum absolute atomic E-state index is 12.9. The number of amides is 1. The summed E-state index contributed by atoms with van der Waals surface area (Å²) < 4.78 is 23.7. The maximum atomic E-state index is 12.9. The molecule has 1 amide bonds. The summed E-state index contributed by atoms with van der Waals surface area (Å²) in [6.45, 7) is 4.82. The van der Waals surface area contributed by atoms with Gasteiger partial charge in [0.15, 0.2) is 0 Å². The second-order valence-corrected chi connectivity index (χ2v) is 21.8. The number of nitrogens with one attached hydrogen (secondary N) is 1. The molecule has 0 aliphatic rings. The van der Waals surface area contributed by atoms with Crippen LogP contribution in [-0.2, 0) is 18.4 Å². The molecule has 8 nitrogen and oxygen atoms in total. The number of carbonyl (C=O) groups is 1. The van der Waals surface area contributed by atoms with Gasteiger partial charge in [0.1, 0.15) is 13.2 Å². The number of quaternary nitrogens is 1. The van der Waals surface area contributed by atoms with Crippen molar-refractivity contribution in [3.8, 4) is 0 Å². The summed E-state index contributed by atoms with van der Waals surface area (Å²) >= 11 is 0. The normalized spacial score (nSPS) is 14.3. The van der Waals surface area contributed by atoms with Crippen molar-refractivity contribution < 1.29 is 32.9 Å². The van der Waals surface area contributed by atoms with Crippen LogP contribution in [0.5, 0.6) is 0 Å². The van der Waals surface area contributed by atoms with Crippen molar-refractivity contribution in [1.29, 1.82) is 0 Å². The van der Waals surface area contributed by atoms with E-state index in [2.05, 4.69) is 43.5 Å². The van der Waals surface area contributed by atoms with E-state index in [0.717, 1.165) is 44.9 Å². The van der Waals surface area contributed by atoms with Gasteiger partial charge in [-0.3, -0.25) is 13.8 Å². The van der Waals surface area contributed by atoms with E-state index in [1.165, 1.54) is 199 Å². The minimum atomic E-state index is -4.35. The quantitative estimate of drug-likeness (QED) is 0.0243. The lowest BCUT2D eigenvalue weighted by Crippen LogP contribution is -2.45. The first-order valence-corrected chi connectivity index (χ1v) is 29.4. The van der Waals surface area contributed by atoms with Gasteiger partial charge < -0.3 is 19.8 Å². The minimum absolute atomic E-state index is 0.0550. The van der Waals surface area contributed by atoms with Gasteiger partial charge in [0.2, 0.25) is 5.91 Å². The molecule has 0 aromatic carbocycles. The molecular formula is C56H110N2O6P+. The smallest absolute Gasteiger partial charge is 0.387 e. The van der Waals surface area contributed by atoms with Gasteiger partial charge in [0.05, 0.1) is 39.9 Å². The van der Waals surface area contributed by atoms with Crippen LogP contribution in [0, 0.1) is 0 Å². The Bertz CT molecular complexity index is 1150. The molecule has 0 spiro atoms. The first kappa shape index (κ1) is 63.7. The van der Waals surface area contributed by atoms with E-state index >= 15 is 0 Å². The molecule has 0 saturated heterocycles. The van der Waals surface area contributed by atoms with Crippen LogP contribution in [-0.4, -0.2) is 73.4 Å². The number of unbranched alkanes of at least 4 members (excludes halogenated alkanes) is 34. The summed E-state index contributed by atoms with van der Waals surface area (Å²) in [7, 11) is 1.55.